The first kappa shape index (κ1) is 28.9. The van der Waals surface area contributed by atoms with Gasteiger partial charge in [0.25, 0.3) is 5.56 Å². The molecule has 14 heteroatoms. The number of hydrazine groups is 1. The molecule has 0 radical (unpaired) electrons. The molecule has 1 amide bonds. The highest BCUT2D eigenvalue weighted by Gasteiger charge is 2.21. The quantitative estimate of drug-likeness (QED) is 0.0631. The van der Waals surface area contributed by atoms with E-state index in [0.29, 0.717) is 18.7 Å². The lowest BCUT2D eigenvalue weighted by molar-refractivity contribution is -0.122. The van der Waals surface area contributed by atoms with E-state index in [9.17, 15) is 19.5 Å². The molecule has 13 nitrogen and oxygen atoms in total. The molecule has 0 spiro atoms. The van der Waals surface area contributed by atoms with Gasteiger partial charge in [0.05, 0.1) is 5.56 Å². The Bertz CT molecular complexity index is 1440. The first-order valence-corrected chi connectivity index (χ1v) is 12.2. The summed E-state index contributed by atoms with van der Waals surface area (Å²) in [7, 11) is 0. The summed E-state index contributed by atoms with van der Waals surface area (Å²) in [6.45, 7) is 4.52. The SMILES string of the molecule is CCN(CC)Nc1c(Cl)nc(Oc2cc(N)cc(C(=O)O)c2)n(CC(=O)NCc2ccc(C(=N)N)cc2)c1=O. The van der Waals surface area contributed by atoms with Crippen molar-refractivity contribution in [1.29, 1.82) is 5.41 Å². The van der Waals surface area contributed by atoms with Gasteiger partial charge in [-0.05, 0) is 17.7 Å². The number of anilines is 2. The van der Waals surface area contributed by atoms with E-state index in [1.54, 1.807) is 29.3 Å². The number of aromatic nitrogens is 2. The van der Waals surface area contributed by atoms with E-state index in [-0.39, 0.29) is 46.2 Å². The van der Waals surface area contributed by atoms with Crippen molar-refractivity contribution in [2.24, 2.45) is 5.73 Å². The van der Waals surface area contributed by atoms with Crippen LogP contribution in [0.25, 0.3) is 0 Å². The van der Waals surface area contributed by atoms with Gasteiger partial charge < -0.3 is 32.1 Å². The van der Waals surface area contributed by atoms with Gasteiger partial charge >= 0.3 is 12.0 Å². The highest BCUT2D eigenvalue weighted by molar-refractivity contribution is 6.31. The number of carbonyl (C=O) groups excluding carboxylic acids is 1. The number of amidine groups is 1. The van der Waals surface area contributed by atoms with Crippen LogP contribution in [0, 0.1) is 5.41 Å². The number of carboxylic acid groups (broad SMARTS) is 1. The Hall–Kier alpha value is -4.62. The van der Waals surface area contributed by atoms with Crippen molar-refractivity contribution in [3.8, 4) is 11.8 Å². The average molecular weight is 557 g/mol. The van der Waals surface area contributed by atoms with Crippen molar-refractivity contribution in [2.75, 3.05) is 24.2 Å². The van der Waals surface area contributed by atoms with Gasteiger partial charge in [0.1, 0.15) is 18.1 Å². The van der Waals surface area contributed by atoms with E-state index in [0.717, 1.165) is 10.1 Å². The zero-order valence-electron chi connectivity index (χ0n) is 21.3. The predicted molar refractivity (Wildman–Crippen MR) is 147 cm³/mol. The number of ether oxygens (including phenoxy) is 1. The summed E-state index contributed by atoms with van der Waals surface area (Å²) in [5, 5.41) is 21.0. The standard InChI is InChI=1S/C25H29ClN8O5/c1-3-33(4-2)32-20-21(26)31-25(39-18-10-16(24(37)38)9-17(27)11-18)34(23(20)36)13-19(35)30-12-14-5-7-15(8-6-14)22(28)29/h5-11,32H,3-4,12-13,27H2,1-2H3,(H3,28,29)(H,30,35)(H,37,38). The lowest BCUT2D eigenvalue weighted by atomic mass is 10.1. The van der Waals surface area contributed by atoms with Gasteiger partial charge in [-0.2, -0.15) is 4.98 Å². The van der Waals surface area contributed by atoms with Crippen LogP contribution in [-0.4, -0.2) is 50.5 Å². The molecule has 2 aromatic carbocycles. The molecular formula is C25H29ClN8O5. The monoisotopic (exact) mass is 556 g/mol. The molecule has 1 aromatic heterocycles. The molecule has 3 rings (SSSR count). The van der Waals surface area contributed by atoms with Crippen LogP contribution in [-0.2, 0) is 17.9 Å². The molecule has 1 heterocycles. The minimum absolute atomic E-state index is 0.0143. The Kier molecular flexibility index (Phi) is 9.47. The van der Waals surface area contributed by atoms with E-state index < -0.39 is 24.0 Å². The number of hydrogen-bond acceptors (Lipinski definition) is 9. The third kappa shape index (κ3) is 7.46. The van der Waals surface area contributed by atoms with Crippen molar-refractivity contribution in [3.63, 3.8) is 0 Å². The van der Waals surface area contributed by atoms with E-state index in [1.165, 1.54) is 18.2 Å². The number of nitrogens with zero attached hydrogens (tertiary/aromatic N) is 3. The number of carbonyl (C=O) groups is 2. The highest BCUT2D eigenvalue weighted by atomic mass is 35.5. The van der Waals surface area contributed by atoms with Crippen LogP contribution in [0.2, 0.25) is 5.15 Å². The first-order chi connectivity index (χ1) is 18.5. The van der Waals surface area contributed by atoms with Gasteiger partial charge in [0.2, 0.25) is 5.91 Å². The average Bonchev–Trinajstić information content (AvgIpc) is 2.89. The third-order valence-electron chi connectivity index (χ3n) is 5.56. The number of amides is 1. The summed E-state index contributed by atoms with van der Waals surface area (Å²) in [5.41, 5.74) is 14.7. The highest BCUT2D eigenvalue weighted by Crippen LogP contribution is 2.26. The first-order valence-electron chi connectivity index (χ1n) is 11.9. The molecule has 0 saturated carbocycles. The Balaban J connectivity index is 1.93. The zero-order chi connectivity index (χ0) is 28.7. The summed E-state index contributed by atoms with van der Waals surface area (Å²) < 4.78 is 6.71. The van der Waals surface area contributed by atoms with E-state index in [4.69, 9.17) is 33.2 Å². The maximum Gasteiger partial charge on any atom is 0.335 e. The number of nitrogen functional groups attached to an aromatic ring is 2. The van der Waals surface area contributed by atoms with Crippen LogP contribution >= 0.6 is 11.6 Å². The maximum absolute atomic E-state index is 13.5. The van der Waals surface area contributed by atoms with Crippen molar-refractivity contribution in [3.05, 3.63) is 74.7 Å². The number of nitrogens with one attached hydrogen (secondary N) is 3. The molecule has 0 aliphatic carbocycles. The van der Waals surface area contributed by atoms with E-state index in [2.05, 4.69) is 15.7 Å². The summed E-state index contributed by atoms with van der Waals surface area (Å²) >= 11 is 6.32. The van der Waals surface area contributed by atoms with E-state index in [1.807, 2.05) is 13.8 Å². The van der Waals surface area contributed by atoms with Crippen molar-refractivity contribution in [2.45, 2.75) is 26.9 Å². The van der Waals surface area contributed by atoms with Gasteiger partial charge in [-0.1, -0.05) is 49.7 Å². The number of rotatable bonds is 12. The number of nitrogens with two attached hydrogens (primary N) is 2. The van der Waals surface area contributed by atoms with Crippen LogP contribution in [0.15, 0.2) is 47.3 Å². The molecule has 0 unspecified atom stereocenters. The molecule has 0 aliphatic rings. The van der Waals surface area contributed by atoms with Gasteiger partial charge in [-0.3, -0.25) is 19.6 Å². The Morgan fingerprint density at radius 1 is 1.15 bits per heavy atom. The normalized spacial score (nSPS) is 10.8. The Morgan fingerprint density at radius 2 is 1.82 bits per heavy atom. The minimum Gasteiger partial charge on any atom is -0.478 e. The minimum atomic E-state index is -1.23. The molecule has 0 bridgehead atoms. The van der Waals surface area contributed by atoms with E-state index >= 15 is 0 Å². The van der Waals surface area contributed by atoms with Crippen molar-refractivity contribution in [1.82, 2.24) is 19.9 Å². The lowest BCUT2D eigenvalue weighted by Gasteiger charge is -2.22. The fourth-order valence-electron chi connectivity index (χ4n) is 3.47. The lowest BCUT2D eigenvalue weighted by Crippen LogP contribution is -2.37. The third-order valence-corrected chi connectivity index (χ3v) is 5.84. The number of hydrogen-bond donors (Lipinski definition) is 6. The molecule has 39 heavy (non-hydrogen) atoms. The molecule has 0 atom stereocenters. The molecule has 8 N–H and O–H groups in total. The van der Waals surface area contributed by atoms with Crippen molar-refractivity contribution < 1.29 is 19.4 Å². The molecule has 206 valence electrons. The molecule has 3 aromatic rings. The van der Waals surface area contributed by atoms with Crippen LogP contribution in [0.5, 0.6) is 11.8 Å². The second-order valence-electron chi connectivity index (χ2n) is 8.32. The number of benzene rings is 2. The number of halogens is 1. The maximum atomic E-state index is 13.5. The topological polar surface area (TPSA) is 202 Å². The largest absolute Gasteiger partial charge is 0.478 e. The smallest absolute Gasteiger partial charge is 0.335 e. The van der Waals surface area contributed by atoms with Gasteiger partial charge in [-0.25, -0.2) is 9.80 Å². The van der Waals surface area contributed by atoms with Crippen LogP contribution in [0.1, 0.15) is 35.3 Å². The fourth-order valence-corrected chi connectivity index (χ4v) is 3.67. The zero-order valence-corrected chi connectivity index (χ0v) is 22.1. The predicted octanol–water partition coefficient (Wildman–Crippen LogP) is 2.24. The molecule has 0 aliphatic heterocycles. The molecular weight excluding hydrogens is 528 g/mol. The second-order valence-corrected chi connectivity index (χ2v) is 8.68. The summed E-state index contributed by atoms with van der Waals surface area (Å²) in [6.07, 6.45) is 0. The van der Waals surface area contributed by atoms with Crippen molar-refractivity contribution >= 4 is 40.7 Å². The summed E-state index contributed by atoms with van der Waals surface area (Å²) in [4.78, 5) is 41.9. The number of carboxylic acids is 1. The Labute approximate surface area is 228 Å². The summed E-state index contributed by atoms with van der Waals surface area (Å²) in [6, 6.07) is 10.2. The van der Waals surface area contributed by atoms with Gasteiger partial charge in [-0.15, -0.1) is 0 Å². The molecule has 0 saturated heterocycles. The number of aromatic carboxylic acids is 1. The fraction of sp³-hybridized carbons (Fsp3) is 0.240. The second kappa shape index (κ2) is 12.8. The molecule has 0 fully saturated rings. The van der Waals surface area contributed by atoms with Crippen LogP contribution in [0.4, 0.5) is 11.4 Å². The van der Waals surface area contributed by atoms with Gasteiger partial charge in [0, 0.05) is 37.0 Å². The Morgan fingerprint density at radius 3 is 2.41 bits per heavy atom. The van der Waals surface area contributed by atoms with Crippen LogP contribution < -0.4 is 32.5 Å². The summed E-state index contributed by atoms with van der Waals surface area (Å²) in [5.74, 6) is -1.85. The van der Waals surface area contributed by atoms with Gasteiger partial charge in [0.15, 0.2) is 10.8 Å². The van der Waals surface area contributed by atoms with Crippen LogP contribution in [0.3, 0.4) is 0 Å².